The van der Waals surface area contributed by atoms with Gasteiger partial charge in [0.05, 0.1) is 4.90 Å². The van der Waals surface area contributed by atoms with E-state index in [1.165, 1.54) is 93.3 Å². The zero-order valence-corrected chi connectivity index (χ0v) is 22.4. The number of aromatic hydroxyl groups is 1. The Labute approximate surface area is 196 Å². The second kappa shape index (κ2) is 15.5. The largest absolute Gasteiger partial charge is 0.506 e. The number of unbranched alkanes of at least 4 members (excludes halogenated alkanes) is 10. The molecule has 0 aromatic heterocycles. The van der Waals surface area contributed by atoms with E-state index in [0.29, 0.717) is 5.75 Å². The molecule has 0 aliphatic rings. The van der Waals surface area contributed by atoms with Crippen molar-refractivity contribution in [3.8, 4) is 5.75 Å². The van der Waals surface area contributed by atoms with E-state index in [9.17, 15) is 5.11 Å². The van der Waals surface area contributed by atoms with E-state index in [1.54, 1.807) is 0 Å². The Bertz CT molecular complexity index is 590. The van der Waals surface area contributed by atoms with Gasteiger partial charge in [-0.3, -0.25) is 0 Å². The number of rotatable bonds is 16. The summed E-state index contributed by atoms with van der Waals surface area (Å²) >= 11 is 3.86. The van der Waals surface area contributed by atoms with Crippen molar-refractivity contribution in [2.45, 2.75) is 134 Å². The minimum absolute atomic E-state index is 0.0390. The Hall–Kier alpha value is -0.280. The van der Waals surface area contributed by atoms with Gasteiger partial charge < -0.3 is 5.11 Å². The van der Waals surface area contributed by atoms with Crippen LogP contribution in [-0.2, 0) is 5.41 Å². The molecular weight excluding hydrogens is 404 g/mol. The average Bonchev–Trinajstić information content (AvgIpc) is 2.69. The van der Waals surface area contributed by atoms with Crippen LogP contribution in [0.4, 0.5) is 0 Å². The molecule has 174 valence electrons. The molecule has 1 aromatic rings. The lowest BCUT2D eigenvalue weighted by atomic mass is 9.86. The van der Waals surface area contributed by atoms with Gasteiger partial charge in [-0.15, -0.1) is 23.5 Å². The summed E-state index contributed by atoms with van der Waals surface area (Å²) in [5.41, 5.74) is 2.35. The highest BCUT2D eigenvalue weighted by Crippen LogP contribution is 2.44. The third kappa shape index (κ3) is 10.4. The Morgan fingerprint density at radius 2 is 1.20 bits per heavy atom. The summed E-state index contributed by atoms with van der Waals surface area (Å²) in [5.74, 6) is 2.82. The monoisotopic (exact) mass is 452 g/mol. The van der Waals surface area contributed by atoms with Crippen LogP contribution < -0.4 is 0 Å². The van der Waals surface area contributed by atoms with Crippen LogP contribution in [-0.4, -0.2) is 16.6 Å². The van der Waals surface area contributed by atoms with Gasteiger partial charge in [0, 0.05) is 10.5 Å². The van der Waals surface area contributed by atoms with E-state index in [0.717, 1.165) is 16.2 Å². The molecule has 0 amide bonds. The highest BCUT2D eigenvalue weighted by Gasteiger charge is 2.24. The van der Waals surface area contributed by atoms with Gasteiger partial charge in [0.15, 0.2) is 0 Å². The van der Waals surface area contributed by atoms with E-state index in [-0.39, 0.29) is 5.41 Å². The summed E-state index contributed by atoms with van der Waals surface area (Å²) in [6, 6.07) is 2.27. The average molecular weight is 453 g/mol. The van der Waals surface area contributed by atoms with E-state index >= 15 is 0 Å². The van der Waals surface area contributed by atoms with Crippen LogP contribution in [0.15, 0.2) is 15.9 Å². The molecule has 0 aliphatic heterocycles. The van der Waals surface area contributed by atoms with Gasteiger partial charge in [-0.05, 0) is 48.3 Å². The van der Waals surface area contributed by atoms with E-state index < -0.39 is 0 Å². The van der Waals surface area contributed by atoms with E-state index in [1.807, 2.05) is 23.5 Å². The molecule has 0 heterocycles. The SMILES string of the molecule is CCCCCCCCSc1cc(C(C)(C)C)c(O)c(SCCCCCCCC)c1C. The lowest BCUT2D eigenvalue weighted by Crippen LogP contribution is -2.12. The summed E-state index contributed by atoms with van der Waals surface area (Å²) < 4.78 is 0. The maximum atomic E-state index is 11.1. The molecule has 0 unspecified atom stereocenters. The second-order valence-electron chi connectivity index (χ2n) is 9.71. The molecule has 0 bridgehead atoms. The van der Waals surface area contributed by atoms with Gasteiger partial charge in [-0.25, -0.2) is 0 Å². The normalized spacial score (nSPS) is 11.9. The number of phenols is 1. The molecular formula is C27H48OS2. The van der Waals surface area contributed by atoms with Crippen molar-refractivity contribution in [1.82, 2.24) is 0 Å². The van der Waals surface area contributed by atoms with E-state index in [2.05, 4.69) is 47.6 Å². The fourth-order valence-corrected chi connectivity index (χ4v) is 6.02. The summed E-state index contributed by atoms with van der Waals surface area (Å²) in [6.07, 6.45) is 16.0. The third-order valence-corrected chi connectivity index (χ3v) is 8.27. The fraction of sp³-hybridized carbons (Fsp3) is 0.778. The zero-order valence-electron chi connectivity index (χ0n) is 20.7. The molecule has 3 heteroatoms. The second-order valence-corrected chi connectivity index (χ2v) is 11.9. The van der Waals surface area contributed by atoms with Crippen LogP contribution >= 0.6 is 23.5 Å². The van der Waals surface area contributed by atoms with Gasteiger partial charge in [0.25, 0.3) is 0 Å². The van der Waals surface area contributed by atoms with Crippen molar-refractivity contribution in [1.29, 1.82) is 0 Å². The smallest absolute Gasteiger partial charge is 0.133 e. The quantitative estimate of drug-likeness (QED) is 0.199. The predicted octanol–water partition coefficient (Wildman–Crippen LogP) is 9.90. The molecule has 0 saturated heterocycles. The van der Waals surface area contributed by atoms with E-state index in [4.69, 9.17) is 0 Å². The van der Waals surface area contributed by atoms with Crippen LogP contribution in [0.2, 0.25) is 0 Å². The van der Waals surface area contributed by atoms with Crippen LogP contribution in [0.1, 0.15) is 123 Å². The highest BCUT2D eigenvalue weighted by atomic mass is 32.2. The molecule has 1 rings (SSSR count). The maximum Gasteiger partial charge on any atom is 0.133 e. The van der Waals surface area contributed by atoms with Gasteiger partial charge in [-0.2, -0.15) is 0 Å². The Kier molecular flexibility index (Phi) is 14.3. The number of phenolic OH excluding ortho intramolecular Hbond substituents is 1. The molecule has 1 aromatic carbocycles. The first-order valence-corrected chi connectivity index (χ1v) is 14.4. The minimum Gasteiger partial charge on any atom is -0.506 e. The molecule has 30 heavy (non-hydrogen) atoms. The lowest BCUT2D eigenvalue weighted by molar-refractivity contribution is 0.432. The molecule has 1 nitrogen and oxygen atoms in total. The number of thioether (sulfide) groups is 2. The minimum atomic E-state index is -0.0390. The zero-order chi connectivity index (χ0) is 22.4. The van der Waals surface area contributed by atoms with Crippen molar-refractivity contribution in [3.05, 3.63) is 17.2 Å². The molecule has 0 fully saturated rings. The molecule has 0 atom stereocenters. The Morgan fingerprint density at radius 1 is 0.733 bits per heavy atom. The topological polar surface area (TPSA) is 20.2 Å². The molecule has 0 spiro atoms. The standard InChI is InChI=1S/C27H48OS2/c1-7-9-11-13-15-17-19-29-24-21-23(27(4,5)6)25(28)26(22(24)3)30-20-18-16-14-12-10-8-2/h21,28H,7-20H2,1-6H3. The van der Waals surface area contributed by atoms with Crippen molar-refractivity contribution in [2.24, 2.45) is 0 Å². The van der Waals surface area contributed by atoms with Crippen LogP contribution in [0, 0.1) is 6.92 Å². The maximum absolute atomic E-state index is 11.1. The lowest BCUT2D eigenvalue weighted by Gasteiger charge is -2.25. The highest BCUT2D eigenvalue weighted by molar-refractivity contribution is 8.00. The van der Waals surface area contributed by atoms with Crippen molar-refractivity contribution in [2.75, 3.05) is 11.5 Å². The first kappa shape index (κ1) is 27.8. The number of hydrogen-bond donors (Lipinski definition) is 1. The summed E-state index contributed by atoms with van der Waals surface area (Å²) in [6.45, 7) is 13.4. The molecule has 0 saturated carbocycles. The van der Waals surface area contributed by atoms with Crippen LogP contribution in [0.5, 0.6) is 5.75 Å². The van der Waals surface area contributed by atoms with Crippen LogP contribution in [0.25, 0.3) is 0 Å². The summed E-state index contributed by atoms with van der Waals surface area (Å²) in [7, 11) is 0. The van der Waals surface area contributed by atoms with Gasteiger partial charge >= 0.3 is 0 Å². The first-order chi connectivity index (χ1) is 14.3. The number of hydrogen-bond acceptors (Lipinski definition) is 3. The number of benzene rings is 1. The molecule has 0 radical (unpaired) electrons. The van der Waals surface area contributed by atoms with Crippen molar-refractivity contribution in [3.63, 3.8) is 0 Å². The summed E-state index contributed by atoms with van der Waals surface area (Å²) in [5, 5.41) is 11.1. The van der Waals surface area contributed by atoms with Gasteiger partial charge in [0.2, 0.25) is 0 Å². The predicted molar refractivity (Wildman–Crippen MR) is 140 cm³/mol. The fourth-order valence-electron chi connectivity index (χ4n) is 3.74. The van der Waals surface area contributed by atoms with Crippen molar-refractivity contribution < 1.29 is 5.11 Å². The van der Waals surface area contributed by atoms with Gasteiger partial charge in [0.1, 0.15) is 5.75 Å². The Balaban J connectivity index is 2.72. The third-order valence-electron chi connectivity index (χ3n) is 5.76. The van der Waals surface area contributed by atoms with Gasteiger partial charge in [-0.1, -0.05) is 98.8 Å². The summed E-state index contributed by atoms with van der Waals surface area (Å²) in [4.78, 5) is 2.50. The Morgan fingerprint density at radius 3 is 1.70 bits per heavy atom. The first-order valence-electron chi connectivity index (χ1n) is 12.5. The molecule has 1 N–H and O–H groups in total. The molecule has 0 aliphatic carbocycles. The van der Waals surface area contributed by atoms with Crippen LogP contribution in [0.3, 0.4) is 0 Å². The van der Waals surface area contributed by atoms with Crippen molar-refractivity contribution >= 4 is 23.5 Å².